The molecule has 2 saturated heterocycles. The number of phenolic OH excluding ortho intramolecular Hbond substituents is 2. The average molecular weight is 660 g/mol. The van der Waals surface area contributed by atoms with Crippen LogP contribution in [0, 0.1) is 0 Å². The first kappa shape index (κ1) is 33.4. The van der Waals surface area contributed by atoms with Crippen molar-refractivity contribution in [1.82, 2.24) is 5.32 Å². The van der Waals surface area contributed by atoms with Gasteiger partial charge in [0.25, 0.3) is 0 Å². The zero-order valence-corrected chi connectivity index (χ0v) is 25.8. The summed E-state index contributed by atoms with van der Waals surface area (Å²) in [6, 6.07) is 3.53. The molecule has 2 aromatic carbocycles. The van der Waals surface area contributed by atoms with Crippen LogP contribution in [0.1, 0.15) is 75.8 Å². The second-order valence-electron chi connectivity index (χ2n) is 12.6. The van der Waals surface area contributed by atoms with Gasteiger partial charge in [-0.25, -0.2) is 0 Å². The van der Waals surface area contributed by atoms with Crippen molar-refractivity contribution in [2.24, 2.45) is 0 Å². The van der Waals surface area contributed by atoms with Crippen molar-refractivity contribution < 1.29 is 69.1 Å². The molecule has 15 nitrogen and oxygen atoms in total. The highest BCUT2D eigenvalue weighted by Gasteiger charge is 2.51. The van der Waals surface area contributed by atoms with Crippen LogP contribution in [0.5, 0.6) is 17.2 Å². The molecule has 2 aromatic rings. The van der Waals surface area contributed by atoms with E-state index in [2.05, 4.69) is 5.32 Å². The van der Waals surface area contributed by atoms with Crippen molar-refractivity contribution in [2.75, 3.05) is 20.3 Å². The maximum absolute atomic E-state index is 13.8. The number of hydrogen-bond acceptors (Lipinski definition) is 15. The number of benzene rings is 2. The topological polar surface area (TPSA) is 242 Å². The van der Waals surface area contributed by atoms with Crippen LogP contribution in [0.2, 0.25) is 0 Å². The number of ether oxygens (including phenoxy) is 4. The minimum atomic E-state index is -2.13. The molecule has 2 fully saturated rings. The van der Waals surface area contributed by atoms with E-state index >= 15 is 0 Å². The second-order valence-corrected chi connectivity index (χ2v) is 12.6. The minimum absolute atomic E-state index is 0.0571. The molecule has 2 aliphatic heterocycles. The molecule has 8 N–H and O–H groups in total. The number of ketones is 3. The van der Waals surface area contributed by atoms with Crippen molar-refractivity contribution in [3.05, 3.63) is 51.6 Å². The van der Waals surface area contributed by atoms with Crippen LogP contribution in [-0.4, -0.2) is 121 Å². The standard InChI is InChI=1S/C32H37NO14/c1-12-25(36)16(33-11-32(43)30(41)17(35)10-45-32)7-20(46-12)47-19-9-31(42,13(2)34)8-15-22(19)29(40)24-23(27(15)38)26(37)14-5-4-6-18(44-3)21(14)28(24)39/h4-6,12,16-17,19-20,25,30,33,35-36,38,40-43H,7-11H2,1-3H3/t12-,16+,17+,19+,20-,25+,30+,31-,32+/m0/s1. The number of aliphatic hydroxyl groups is 5. The molecule has 2 heterocycles. The minimum Gasteiger partial charge on any atom is -0.507 e. The van der Waals surface area contributed by atoms with Crippen LogP contribution in [0.25, 0.3) is 0 Å². The van der Waals surface area contributed by atoms with Crippen LogP contribution in [0.4, 0.5) is 0 Å². The summed E-state index contributed by atoms with van der Waals surface area (Å²) in [5.74, 6) is -5.65. The zero-order valence-electron chi connectivity index (χ0n) is 25.8. The Hall–Kier alpha value is -3.51. The van der Waals surface area contributed by atoms with Crippen molar-refractivity contribution in [1.29, 1.82) is 0 Å². The molecule has 47 heavy (non-hydrogen) atoms. The highest BCUT2D eigenvalue weighted by Crippen LogP contribution is 2.52. The van der Waals surface area contributed by atoms with Crippen LogP contribution in [0.15, 0.2) is 18.2 Å². The zero-order chi connectivity index (χ0) is 34.2. The molecule has 6 rings (SSSR count). The van der Waals surface area contributed by atoms with Crippen LogP contribution < -0.4 is 10.1 Å². The van der Waals surface area contributed by atoms with Gasteiger partial charge in [-0.2, -0.15) is 0 Å². The van der Waals surface area contributed by atoms with Crippen LogP contribution in [-0.2, 0) is 25.4 Å². The Bertz CT molecular complexity index is 1640. The number of hydrogen-bond donors (Lipinski definition) is 8. The van der Waals surface area contributed by atoms with Gasteiger partial charge in [-0.1, -0.05) is 12.1 Å². The lowest BCUT2D eigenvalue weighted by atomic mass is 9.72. The van der Waals surface area contributed by atoms with Gasteiger partial charge in [0, 0.05) is 42.0 Å². The molecule has 0 bridgehead atoms. The second kappa shape index (κ2) is 11.9. The number of aliphatic hydroxyl groups excluding tert-OH is 3. The highest BCUT2D eigenvalue weighted by molar-refractivity contribution is 6.31. The molecule has 0 amide bonds. The first-order chi connectivity index (χ1) is 22.1. The summed E-state index contributed by atoms with van der Waals surface area (Å²) in [4.78, 5) is 40.2. The van der Waals surface area contributed by atoms with E-state index in [1.54, 1.807) is 6.92 Å². The molecular weight excluding hydrogens is 622 g/mol. The van der Waals surface area contributed by atoms with E-state index in [9.17, 15) is 50.1 Å². The van der Waals surface area contributed by atoms with Crippen molar-refractivity contribution in [3.63, 3.8) is 0 Å². The first-order valence-electron chi connectivity index (χ1n) is 15.2. The molecule has 0 saturated carbocycles. The summed E-state index contributed by atoms with van der Waals surface area (Å²) in [5.41, 5.74) is -3.50. The monoisotopic (exact) mass is 659 g/mol. The van der Waals surface area contributed by atoms with Crippen molar-refractivity contribution in [3.8, 4) is 17.2 Å². The number of rotatable bonds is 7. The number of carbonyl (C=O) groups excluding carboxylic acids is 3. The van der Waals surface area contributed by atoms with E-state index in [0.29, 0.717) is 0 Å². The molecule has 9 atom stereocenters. The van der Waals surface area contributed by atoms with E-state index in [1.165, 1.54) is 25.3 Å². The Morgan fingerprint density at radius 2 is 1.77 bits per heavy atom. The van der Waals surface area contributed by atoms with Gasteiger partial charge in [0.2, 0.25) is 11.6 Å². The number of aromatic hydroxyl groups is 2. The van der Waals surface area contributed by atoms with Crippen LogP contribution in [0.3, 0.4) is 0 Å². The Morgan fingerprint density at radius 3 is 2.40 bits per heavy atom. The average Bonchev–Trinajstić information content (AvgIpc) is 3.29. The Morgan fingerprint density at radius 1 is 1.06 bits per heavy atom. The fraction of sp³-hybridized carbons (Fsp3) is 0.531. The number of Topliss-reactive ketones (excluding diaryl/α,β-unsaturated/α-hetero) is 1. The maximum atomic E-state index is 13.8. The highest BCUT2D eigenvalue weighted by atomic mass is 16.7. The third-order valence-corrected chi connectivity index (χ3v) is 9.70. The fourth-order valence-electron chi connectivity index (χ4n) is 6.97. The van der Waals surface area contributed by atoms with Gasteiger partial charge >= 0.3 is 0 Å². The lowest BCUT2D eigenvalue weighted by Gasteiger charge is -2.43. The number of carbonyl (C=O) groups is 3. The van der Waals surface area contributed by atoms with Gasteiger partial charge in [0.05, 0.1) is 55.3 Å². The summed E-state index contributed by atoms with van der Waals surface area (Å²) < 4.78 is 22.5. The largest absolute Gasteiger partial charge is 0.507 e. The van der Waals surface area contributed by atoms with Gasteiger partial charge in [-0.15, -0.1) is 0 Å². The smallest absolute Gasteiger partial charge is 0.207 e. The van der Waals surface area contributed by atoms with Gasteiger partial charge < -0.3 is 60.0 Å². The number of methoxy groups -OCH3 is 1. The van der Waals surface area contributed by atoms with E-state index in [4.69, 9.17) is 18.9 Å². The lowest BCUT2D eigenvalue weighted by molar-refractivity contribution is -0.254. The Labute approximate surface area is 268 Å². The number of nitrogens with one attached hydrogen (secondary N) is 1. The molecule has 0 unspecified atom stereocenters. The van der Waals surface area contributed by atoms with E-state index in [1.807, 2.05) is 0 Å². The Balaban J connectivity index is 1.36. The molecule has 2 aliphatic carbocycles. The van der Waals surface area contributed by atoms with Gasteiger partial charge in [-0.05, 0) is 19.9 Å². The predicted octanol–water partition coefficient (Wildman–Crippen LogP) is -0.900. The normalized spacial score (nSPS) is 34.9. The summed E-state index contributed by atoms with van der Waals surface area (Å²) >= 11 is 0. The summed E-state index contributed by atoms with van der Waals surface area (Å²) in [6.45, 7) is 2.00. The van der Waals surface area contributed by atoms with E-state index in [0.717, 1.165) is 6.92 Å². The summed E-state index contributed by atoms with van der Waals surface area (Å²) in [5, 5.41) is 78.9. The first-order valence-corrected chi connectivity index (χ1v) is 15.2. The molecular formula is C32H37NO14. The van der Waals surface area contributed by atoms with Crippen LogP contribution >= 0.6 is 0 Å². The quantitative estimate of drug-likeness (QED) is 0.143. The molecule has 0 aromatic heterocycles. The Kier molecular flexibility index (Phi) is 8.44. The molecule has 15 heteroatoms. The third-order valence-electron chi connectivity index (χ3n) is 9.70. The summed E-state index contributed by atoms with van der Waals surface area (Å²) in [6.07, 6.45) is -8.48. The SMILES string of the molecule is COc1cccc2c1C(=O)c1c(O)c3c(c(O)c1C2=O)C[C@@](O)(C(C)=O)C[C@H]3O[C@H]1C[C@@H](NC[C@@]2(O)OC[C@@H](O)[C@H]2O)[C@H](O)[C@H](C)O1. The fourth-order valence-corrected chi connectivity index (χ4v) is 6.97. The third kappa shape index (κ3) is 5.31. The maximum Gasteiger partial charge on any atom is 0.207 e. The van der Waals surface area contributed by atoms with Crippen molar-refractivity contribution >= 4 is 17.3 Å². The lowest BCUT2D eigenvalue weighted by Crippen LogP contribution is -2.59. The number of fused-ring (bicyclic) bond motifs is 3. The molecule has 0 radical (unpaired) electrons. The van der Waals surface area contributed by atoms with E-state index < -0.39 is 107 Å². The molecule has 254 valence electrons. The summed E-state index contributed by atoms with van der Waals surface area (Å²) in [7, 11) is 1.32. The van der Waals surface area contributed by atoms with Crippen molar-refractivity contribution in [2.45, 2.75) is 87.3 Å². The molecule has 4 aliphatic rings. The van der Waals surface area contributed by atoms with Gasteiger partial charge in [-0.3, -0.25) is 14.4 Å². The van der Waals surface area contributed by atoms with Gasteiger partial charge in [0.1, 0.15) is 35.1 Å². The molecule has 0 spiro atoms. The number of phenols is 2. The van der Waals surface area contributed by atoms with E-state index in [-0.39, 0.29) is 47.6 Å². The predicted molar refractivity (Wildman–Crippen MR) is 157 cm³/mol. The van der Waals surface area contributed by atoms with Gasteiger partial charge in [0.15, 0.2) is 17.9 Å².